The monoisotopic (exact) mass is 551 g/mol. The van der Waals surface area contributed by atoms with Crippen LogP contribution in [0.1, 0.15) is 89.2 Å². The van der Waals surface area contributed by atoms with E-state index in [1.54, 1.807) is 0 Å². The lowest BCUT2D eigenvalue weighted by atomic mass is 9.88. The molecular weight excluding hydrogens is 502 g/mol. The van der Waals surface area contributed by atoms with Gasteiger partial charge in [0.05, 0.1) is 31.5 Å². The van der Waals surface area contributed by atoms with Crippen molar-refractivity contribution < 1.29 is 24.1 Å². The quantitative estimate of drug-likeness (QED) is 0.234. The van der Waals surface area contributed by atoms with E-state index in [4.69, 9.17) is 14.2 Å². The molecule has 0 saturated heterocycles. The Hall–Kier alpha value is -2.67. The molecule has 2 atom stereocenters. The molecule has 0 bridgehead atoms. The van der Waals surface area contributed by atoms with Gasteiger partial charge in [-0.2, -0.15) is 0 Å². The van der Waals surface area contributed by atoms with Crippen molar-refractivity contribution in [3.63, 3.8) is 0 Å². The third kappa shape index (κ3) is 10.1. The maximum Gasteiger partial charge on any atom is 0.306 e. The highest BCUT2D eigenvalue weighted by molar-refractivity contribution is 5.70. The van der Waals surface area contributed by atoms with Crippen molar-refractivity contribution in [3.05, 3.63) is 70.8 Å². The van der Waals surface area contributed by atoms with Gasteiger partial charge < -0.3 is 24.6 Å². The van der Waals surface area contributed by atoms with Gasteiger partial charge in [0.2, 0.25) is 0 Å². The first kappa shape index (κ1) is 31.9. The molecule has 2 N–H and O–H groups in total. The molecule has 0 amide bonds. The Morgan fingerprint density at radius 2 is 1.80 bits per heavy atom. The molecule has 0 spiro atoms. The van der Waals surface area contributed by atoms with Crippen LogP contribution < -0.4 is 10.1 Å². The zero-order valence-electron chi connectivity index (χ0n) is 25.2. The molecule has 0 unspecified atom stereocenters. The molecule has 2 aromatic carbocycles. The number of aliphatic hydroxyl groups is 1. The predicted molar refractivity (Wildman–Crippen MR) is 162 cm³/mol. The van der Waals surface area contributed by atoms with E-state index in [1.165, 1.54) is 11.1 Å². The van der Waals surface area contributed by atoms with Crippen molar-refractivity contribution in [2.45, 2.75) is 97.5 Å². The van der Waals surface area contributed by atoms with Gasteiger partial charge in [0.1, 0.15) is 5.75 Å². The van der Waals surface area contributed by atoms with Crippen molar-refractivity contribution in [2.75, 3.05) is 19.8 Å². The molecule has 0 aromatic heterocycles. The molecule has 0 fully saturated rings. The van der Waals surface area contributed by atoms with Crippen LogP contribution in [0.15, 0.2) is 48.5 Å². The maximum atomic E-state index is 11.7. The van der Waals surface area contributed by atoms with Crippen molar-refractivity contribution in [1.29, 1.82) is 0 Å². The molecule has 2 aromatic rings. The summed E-state index contributed by atoms with van der Waals surface area (Å²) < 4.78 is 17.3. The standard InChI is InChI=1S/C34H49NO5/c1-7-38-33(37)18-11-10-15-31-30(16-12-17-32(31)40-24(2)3)25(4)39-23-29(36)22-35-34(5,6)21-26-19-27-13-8-9-14-28(27)20-26/h8-10,12-17,24-26,29,35-36H,7,11,18-23H2,1-6H3/b15-10+/t25-,29-/m1/s1. The van der Waals surface area contributed by atoms with Gasteiger partial charge in [-0.1, -0.05) is 48.6 Å². The van der Waals surface area contributed by atoms with E-state index in [9.17, 15) is 9.90 Å². The highest BCUT2D eigenvalue weighted by Crippen LogP contribution is 2.33. The van der Waals surface area contributed by atoms with E-state index >= 15 is 0 Å². The largest absolute Gasteiger partial charge is 0.490 e. The number of hydrogen-bond donors (Lipinski definition) is 2. The van der Waals surface area contributed by atoms with Crippen molar-refractivity contribution in [1.82, 2.24) is 5.32 Å². The Labute approximate surface area is 241 Å². The summed E-state index contributed by atoms with van der Waals surface area (Å²) in [6, 6.07) is 14.7. The van der Waals surface area contributed by atoms with Crippen molar-refractivity contribution in [2.24, 2.45) is 5.92 Å². The van der Waals surface area contributed by atoms with Gasteiger partial charge in [-0.05, 0) is 95.9 Å². The first-order chi connectivity index (χ1) is 19.1. The van der Waals surface area contributed by atoms with Gasteiger partial charge in [0, 0.05) is 24.1 Å². The summed E-state index contributed by atoms with van der Waals surface area (Å²) in [5.41, 5.74) is 4.78. The Bertz CT molecular complexity index is 1080. The minimum absolute atomic E-state index is 0.0211. The average molecular weight is 552 g/mol. The molecule has 0 radical (unpaired) electrons. The van der Waals surface area contributed by atoms with E-state index in [1.807, 2.05) is 58.0 Å². The molecular formula is C34H49NO5. The van der Waals surface area contributed by atoms with Gasteiger partial charge >= 0.3 is 5.97 Å². The predicted octanol–water partition coefficient (Wildman–Crippen LogP) is 6.44. The minimum atomic E-state index is -0.624. The van der Waals surface area contributed by atoms with Crippen LogP contribution in [0.3, 0.4) is 0 Å². The van der Waals surface area contributed by atoms with Crippen LogP contribution >= 0.6 is 0 Å². The number of benzene rings is 2. The molecule has 0 aliphatic heterocycles. The fourth-order valence-electron chi connectivity index (χ4n) is 5.47. The van der Waals surface area contributed by atoms with E-state index in [-0.39, 0.29) is 30.3 Å². The zero-order chi connectivity index (χ0) is 29.1. The topological polar surface area (TPSA) is 77.0 Å². The summed E-state index contributed by atoms with van der Waals surface area (Å²) in [4.78, 5) is 11.7. The second-order valence-electron chi connectivity index (χ2n) is 11.8. The van der Waals surface area contributed by atoms with E-state index < -0.39 is 6.10 Å². The summed E-state index contributed by atoms with van der Waals surface area (Å²) >= 11 is 0. The number of allylic oxidation sites excluding steroid dienone is 1. The first-order valence-corrected chi connectivity index (χ1v) is 14.8. The molecule has 0 heterocycles. The third-order valence-electron chi connectivity index (χ3n) is 7.29. The summed E-state index contributed by atoms with van der Waals surface area (Å²) in [5, 5.41) is 14.3. The molecule has 6 nitrogen and oxygen atoms in total. The van der Waals surface area contributed by atoms with Crippen LogP contribution in [0.2, 0.25) is 0 Å². The van der Waals surface area contributed by atoms with E-state index in [2.05, 4.69) is 43.4 Å². The maximum absolute atomic E-state index is 11.7. The molecule has 3 rings (SSSR count). The molecule has 6 heteroatoms. The second kappa shape index (κ2) is 15.4. The normalized spacial score (nSPS) is 15.4. The van der Waals surface area contributed by atoms with Gasteiger partial charge in [-0.3, -0.25) is 4.79 Å². The summed E-state index contributed by atoms with van der Waals surface area (Å²) in [7, 11) is 0. The lowest BCUT2D eigenvalue weighted by molar-refractivity contribution is -0.143. The van der Waals surface area contributed by atoms with Crippen LogP contribution in [0.4, 0.5) is 0 Å². The Morgan fingerprint density at radius 3 is 2.45 bits per heavy atom. The van der Waals surface area contributed by atoms with E-state index in [0.29, 0.717) is 31.9 Å². The number of aliphatic hydroxyl groups excluding tert-OH is 1. The lowest BCUT2D eigenvalue weighted by Gasteiger charge is -2.31. The number of rotatable bonds is 16. The highest BCUT2D eigenvalue weighted by atomic mass is 16.5. The Kier molecular flexibility index (Phi) is 12.2. The number of nitrogens with one attached hydrogen (secondary N) is 1. The van der Waals surface area contributed by atoms with Gasteiger partial charge in [-0.25, -0.2) is 0 Å². The molecule has 220 valence electrons. The van der Waals surface area contributed by atoms with E-state index in [0.717, 1.165) is 36.1 Å². The Balaban J connectivity index is 1.53. The van der Waals surface area contributed by atoms with Gasteiger partial charge in [0.15, 0.2) is 0 Å². The third-order valence-corrected chi connectivity index (χ3v) is 7.29. The fourth-order valence-corrected chi connectivity index (χ4v) is 5.47. The zero-order valence-corrected chi connectivity index (χ0v) is 25.2. The minimum Gasteiger partial charge on any atom is -0.490 e. The van der Waals surface area contributed by atoms with Crippen molar-refractivity contribution in [3.8, 4) is 5.75 Å². The van der Waals surface area contributed by atoms with Gasteiger partial charge in [0.25, 0.3) is 0 Å². The number of carbonyl (C=O) groups is 1. The summed E-state index contributed by atoms with van der Waals surface area (Å²) in [5.74, 6) is 1.20. The van der Waals surface area contributed by atoms with Crippen LogP contribution in [0.25, 0.3) is 6.08 Å². The average Bonchev–Trinajstić information content (AvgIpc) is 3.30. The number of fused-ring (bicyclic) bond motifs is 1. The number of carbonyl (C=O) groups excluding carboxylic acids is 1. The van der Waals surface area contributed by atoms with Gasteiger partial charge in [-0.15, -0.1) is 0 Å². The van der Waals surface area contributed by atoms with Crippen LogP contribution in [-0.2, 0) is 27.1 Å². The SMILES string of the molecule is CCOC(=O)CC/C=C/c1c(OC(C)C)cccc1[C@@H](C)OC[C@H](O)CNC(C)(C)CC1Cc2ccccc2C1. The Morgan fingerprint density at radius 1 is 1.10 bits per heavy atom. The molecule has 40 heavy (non-hydrogen) atoms. The number of β-amino-alcohol motifs (C(OH)–C–C–N with tert-alkyl or cyclic N) is 1. The van der Waals surface area contributed by atoms with Crippen LogP contribution in [0, 0.1) is 5.92 Å². The highest BCUT2D eigenvalue weighted by Gasteiger charge is 2.28. The number of hydrogen-bond acceptors (Lipinski definition) is 6. The van der Waals surface area contributed by atoms with Crippen LogP contribution in [-0.4, -0.2) is 48.6 Å². The van der Waals surface area contributed by atoms with Crippen LogP contribution in [0.5, 0.6) is 5.75 Å². The molecule has 0 saturated carbocycles. The smallest absolute Gasteiger partial charge is 0.306 e. The summed E-state index contributed by atoms with van der Waals surface area (Å²) in [6.45, 7) is 13.3. The molecule has 1 aliphatic carbocycles. The second-order valence-corrected chi connectivity index (χ2v) is 11.8. The fraction of sp³-hybridized carbons (Fsp3) is 0.559. The lowest BCUT2D eigenvalue weighted by Crippen LogP contribution is -2.45. The summed E-state index contributed by atoms with van der Waals surface area (Å²) in [6.07, 6.45) is 7.34. The first-order valence-electron chi connectivity index (χ1n) is 14.8. The number of esters is 1. The number of ether oxygens (including phenoxy) is 3. The van der Waals surface area contributed by atoms with Crippen molar-refractivity contribution >= 4 is 12.0 Å². The molecule has 1 aliphatic rings.